The third-order valence-corrected chi connectivity index (χ3v) is 4.93. The van der Waals surface area contributed by atoms with Crippen LogP contribution in [0, 0.1) is 18.3 Å². The molecule has 0 saturated heterocycles. The van der Waals surface area contributed by atoms with Gasteiger partial charge in [-0.25, -0.2) is 4.98 Å². The predicted octanol–water partition coefficient (Wildman–Crippen LogP) is 5.00. The molecule has 22 heavy (non-hydrogen) atoms. The number of nitrogen functional groups attached to an aromatic ring is 1. The number of hydrogen-bond donors (Lipinski definition) is 1. The summed E-state index contributed by atoms with van der Waals surface area (Å²) in [6.45, 7) is 2.03. The Morgan fingerprint density at radius 2 is 2.09 bits per heavy atom. The molecule has 5 heteroatoms. The molecule has 0 bridgehead atoms. The third-order valence-electron chi connectivity index (χ3n) is 3.39. The van der Waals surface area contributed by atoms with E-state index in [0.717, 1.165) is 31.7 Å². The summed E-state index contributed by atoms with van der Waals surface area (Å²) in [5, 5.41) is 11.4. The Morgan fingerprint density at radius 3 is 2.73 bits per heavy atom. The van der Waals surface area contributed by atoms with Crippen LogP contribution in [0.3, 0.4) is 0 Å². The van der Waals surface area contributed by atoms with Gasteiger partial charge in [-0.05, 0) is 42.1 Å². The lowest BCUT2D eigenvalue weighted by molar-refractivity contribution is 1.31. The Bertz CT molecular complexity index is 893. The zero-order chi connectivity index (χ0) is 15.7. The van der Waals surface area contributed by atoms with Gasteiger partial charge in [0.1, 0.15) is 17.5 Å². The average molecular weight is 370 g/mol. The summed E-state index contributed by atoms with van der Waals surface area (Å²) in [7, 11) is 0. The molecule has 0 aliphatic heterocycles. The van der Waals surface area contributed by atoms with Crippen molar-refractivity contribution in [2.75, 3.05) is 5.73 Å². The largest absolute Gasteiger partial charge is 0.383 e. The number of pyridine rings is 1. The highest BCUT2D eigenvalue weighted by molar-refractivity contribution is 9.10. The number of anilines is 1. The van der Waals surface area contributed by atoms with Gasteiger partial charge in [-0.1, -0.05) is 28.1 Å². The Balaban J connectivity index is 2.26. The molecule has 0 radical (unpaired) electrons. The molecule has 3 aromatic rings. The number of rotatable bonds is 2. The minimum atomic E-state index is 0.266. The Labute approximate surface area is 141 Å². The average Bonchev–Trinajstić information content (AvgIpc) is 2.92. The van der Waals surface area contributed by atoms with E-state index < -0.39 is 0 Å². The molecule has 3 rings (SSSR count). The van der Waals surface area contributed by atoms with Crippen molar-refractivity contribution < 1.29 is 0 Å². The van der Waals surface area contributed by atoms with E-state index >= 15 is 0 Å². The van der Waals surface area contributed by atoms with Gasteiger partial charge in [0.25, 0.3) is 0 Å². The smallest absolute Gasteiger partial charge is 0.142 e. The molecule has 0 saturated carbocycles. The van der Waals surface area contributed by atoms with Gasteiger partial charge in [-0.2, -0.15) is 5.26 Å². The molecular weight excluding hydrogens is 358 g/mol. The molecule has 2 aromatic heterocycles. The summed E-state index contributed by atoms with van der Waals surface area (Å²) in [6, 6.07) is 14.0. The van der Waals surface area contributed by atoms with Gasteiger partial charge >= 0.3 is 0 Å². The SMILES string of the molecule is Cc1ccsc1-c1cc(-c2cccc(Br)c2)nc(N)c1C#N. The van der Waals surface area contributed by atoms with Crippen molar-refractivity contribution in [2.24, 2.45) is 0 Å². The van der Waals surface area contributed by atoms with E-state index in [9.17, 15) is 5.26 Å². The zero-order valence-electron chi connectivity index (χ0n) is 11.8. The molecule has 2 N–H and O–H groups in total. The van der Waals surface area contributed by atoms with Crippen LogP contribution in [0.15, 0.2) is 46.3 Å². The summed E-state index contributed by atoms with van der Waals surface area (Å²) in [4.78, 5) is 5.45. The van der Waals surface area contributed by atoms with Gasteiger partial charge in [0.15, 0.2) is 0 Å². The normalized spacial score (nSPS) is 10.4. The fourth-order valence-electron chi connectivity index (χ4n) is 2.31. The molecule has 2 heterocycles. The number of halogens is 1. The first-order valence-corrected chi connectivity index (χ1v) is 8.28. The molecule has 0 fully saturated rings. The van der Waals surface area contributed by atoms with Crippen molar-refractivity contribution in [1.29, 1.82) is 5.26 Å². The zero-order valence-corrected chi connectivity index (χ0v) is 14.2. The number of hydrogen-bond acceptors (Lipinski definition) is 4. The van der Waals surface area contributed by atoms with Crippen LogP contribution in [0.25, 0.3) is 21.7 Å². The van der Waals surface area contributed by atoms with Crippen LogP contribution in [0.5, 0.6) is 0 Å². The van der Waals surface area contributed by atoms with E-state index in [4.69, 9.17) is 5.73 Å². The summed E-state index contributed by atoms with van der Waals surface area (Å²) in [6.07, 6.45) is 0. The van der Waals surface area contributed by atoms with Crippen molar-refractivity contribution in [3.05, 3.63) is 57.4 Å². The molecule has 0 unspecified atom stereocenters. The van der Waals surface area contributed by atoms with Crippen molar-refractivity contribution in [3.63, 3.8) is 0 Å². The van der Waals surface area contributed by atoms with Crippen LogP contribution >= 0.6 is 27.3 Å². The van der Waals surface area contributed by atoms with Crippen LogP contribution in [-0.4, -0.2) is 4.98 Å². The number of aryl methyl sites for hydroxylation is 1. The quantitative estimate of drug-likeness (QED) is 0.690. The predicted molar refractivity (Wildman–Crippen MR) is 94.6 cm³/mol. The summed E-state index contributed by atoms with van der Waals surface area (Å²) in [5.41, 5.74) is 10.2. The molecule has 0 aliphatic rings. The topological polar surface area (TPSA) is 62.7 Å². The second-order valence-corrected chi connectivity index (χ2v) is 6.70. The van der Waals surface area contributed by atoms with Gasteiger partial charge in [-0.3, -0.25) is 0 Å². The standard InChI is InChI=1S/C17H12BrN3S/c1-10-5-6-22-16(10)13-8-15(21-17(20)14(13)9-19)11-3-2-4-12(18)7-11/h2-8H,1H3,(H2,20,21). The van der Waals surface area contributed by atoms with E-state index in [0.29, 0.717) is 5.56 Å². The van der Waals surface area contributed by atoms with Crippen molar-refractivity contribution >= 4 is 33.1 Å². The van der Waals surface area contributed by atoms with E-state index in [-0.39, 0.29) is 5.82 Å². The molecular formula is C17H12BrN3S. The van der Waals surface area contributed by atoms with Crippen molar-refractivity contribution in [2.45, 2.75) is 6.92 Å². The molecule has 3 nitrogen and oxygen atoms in total. The van der Waals surface area contributed by atoms with Crippen LogP contribution in [-0.2, 0) is 0 Å². The second kappa shape index (κ2) is 5.91. The highest BCUT2D eigenvalue weighted by Crippen LogP contribution is 2.36. The monoisotopic (exact) mass is 369 g/mol. The minimum absolute atomic E-state index is 0.266. The van der Waals surface area contributed by atoms with Crippen molar-refractivity contribution in [1.82, 2.24) is 4.98 Å². The summed E-state index contributed by atoms with van der Waals surface area (Å²) >= 11 is 5.07. The van der Waals surface area contributed by atoms with E-state index in [2.05, 4.69) is 27.0 Å². The number of benzene rings is 1. The van der Waals surface area contributed by atoms with Gasteiger partial charge in [0.2, 0.25) is 0 Å². The molecule has 0 amide bonds. The lowest BCUT2D eigenvalue weighted by atomic mass is 10.0. The van der Waals surface area contributed by atoms with Crippen LogP contribution in [0.4, 0.5) is 5.82 Å². The molecule has 0 spiro atoms. The van der Waals surface area contributed by atoms with Gasteiger partial charge in [-0.15, -0.1) is 11.3 Å². The third kappa shape index (κ3) is 2.63. The Morgan fingerprint density at radius 1 is 1.27 bits per heavy atom. The maximum atomic E-state index is 9.42. The maximum absolute atomic E-state index is 9.42. The van der Waals surface area contributed by atoms with Crippen molar-refractivity contribution in [3.8, 4) is 27.8 Å². The number of nitrogens with two attached hydrogens (primary N) is 1. The molecule has 108 valence electrons. The van der Waals surface area contributed by atoms with Crippen LogP contribution in [0.2, 0.25) is 0 Å². The first-order chi connectivity index (χ1) is 10.6. The first-order valence-electron chi connectivity index (χ1n) is 6.61. The van der Waals surface area contributed by atoms with Gasteiger partial charge in [0, 0.05) is 20.5 Å². The minimum Gasteiger partial charge on any atom is -0.383 e. The highest BCUT2D eigenvalue weighted by Gasteiger charge is 2.15. The molecule has 0 atom stereocenters. The van der Waals surface area contributed by atoms with E-state index in [1.807, 2.05) is 48.7 Å². The fraction of sp³-hybridized carbons (Fsp3) is 0.0588. The Kier molecular flexibility index (Phi) is 3.97. The molecule has 1 aromatic carbocycles. The fourth-order valence-corrected chi connectivity index (χ4v) is 3.66. The lowest BCUT2D eigenvalue weighted by Gasteiger charge is -2.10. The summed E-state index contributed by atoms with van der Waals surface area (Å²) < 4.78 is 0.976. The highest BCUT2D eigenvalue weighted by atomic mass is 79.9. The van der Waals surface area contributed by atoms with E-state index in [1.165, 1.54) is 0 Å². The Hall–Kier alpha value is -2.16. The number of nitrogens with zero attached hydrogens (tertiary/aromatic N) is 2. The van der Waals surface area contributed by atoms with Crippen LogP contribution < -0.4 is 5.73 Å². The number of nitriles is 1. The summed E-state index contributed by atoms with van der Waals surface area (Å²) in [5.74, 6) is 0.266. The van der Waals surface area contributed by atoms with E-state index in [1.54, 1.807) is 11.3 Å². The first kappa shape index (κ1) is 14.8. The number of aromatic nitrogens is 1. The molecule has 0 aliphatic carbocycles. The lowest BCUT2D eigenvalue weighted by Crippen LogP contribution is -1.99. The van der Waals surface area contributed by atoms with Gasteiger partial charge in [0.05, 0.1) is 5.69 Å². The van der Waals surface area contributed by atoms with Crippen LogP contribution in [0.1, 0.15) is 11.1 Å². The van der Waals surface area contributed by atoms with Gasteiger partial charge < -0.3 is 5.73 Å². The number of thiophene rings is 1. The second-order valence-electron chi connectivity index (χ2n) is 4.87. The maximum Gasteiger partial charge on any atom is 0.142 e.